The predicted molar refractivity (Wildman–Crippen MR) is 84.1 cm³/mol. The maximum Gasteiger partial charge on any atom is 0.265 e. The lowest BCUT2D eigenvalue weighted by atomic mass is 10.1. The van der Waals surface area contributed by atoms with Gasteiger partial charge in [-0.2, -0.15) is 0 Å². The summed E-state index contributed by atoms with van der Waals surface area (Å²) < 4.78 is 0. The number of nitrogens with two attached hydrogens (primary N) is 1. The van der Waals surface area contributed by atoms with E-state index in [9.17, 15) is 4.79 Å². The molecule has 1 aliphatic rings. The first-order chi connectivity index (χ1) is 9.47. The van der Waals surface area contributed by atoms with Gasteiger partial charge in [-0.25, -0.2) is 4.98 Å². The first kappa shape index (κ1) is 15.1. The van der Waals surface area contributed by atoms with Crippen molar-refractivity contribution in [2.45, 2.75) is 33.6 Å². The van der Waals surface area contributed by atoms with Crippen LogP contribution in [0.4, 0.5) is 10.9 Å². The molecule has 0 aromatic carbocycles. The standard InChI is InChI=1S/C14H24N4OS/c1-8(2)6-17-14-18-12(15)11(20-14)13(19)16-7-9(3)10-4-5-10/h8-10H,4-7,15H2,1-3H3,(H,16,19)(H,17,18). The molecule has 6 heteroatoms. The number of anilines is 2. The average molecular weight is 296 g/mol. The van der Waals surface area contributed by atoms with E-state index in [0.717, 1.165) is 24.1 Å². The van der Waals surface area contributed by atoms with Crippen molar-refractivity contribution in [1.29, 1.82) is 0 Å². The molecule has 20 heavy (non-hydrogen) atoms. The number of carbonyl (C=O) groups excluding carboxylic acids is 1. The summed E-state index contributed by atoms with van der Waals surface area (Å²) in [4.78, 5) is 16.8. The number of thiazole rings is 1. The van der Waals surface area contributed by atoms with E-state index < -0.39 is 0 Å². The number of rotatable bonds is 7. The fourth-order valence-corrected chi connectivity index (χ4v) is 2.84. The predicted octanol–water partition coefficient (Wildman–Crippen LogP) is 2.57. The third-order valence-corrected chi connectivity index (χ3v) is 4.56. The molecule has 1 atom stereocenters. The van der Waals surface area contributed by atoms with Gasteiger partial charge in [-0.05, 0) is 30.6 Å². The van der Waals surface area contributed by atoms with Crippen molar-refractivity contribution in [1.82, 2.24) is 10.3 Å². The quantitative estimate of drug-likeness (QED) is 0.722. The molecule has 4 N–H and O–H groups in total. The summed E-state index contributed by atoms with van der Waals surface area (Å²) in [6, 6.07) is 0. The largest absolute Gasteiger partial charge is 0.382 e. The maximum absolute atomic E-state index is 12.1. The summed E-state index contributed by atoms with van der Waals surface area (Å²) in [7, 11) is 0. The Labute approximate surface area is 124 Å². The normalized spacial score (nSPS) is 16.2. The zero-order chi connectivity index (χ0) is 14.7. The smallest absolute Gasteiger partial charge is 0.265 e. The lowest BCUT2D eigenvalue weighted by Crippen LogP contribution is -2.28. The van der Waals surface area contributed by atoms with E-state index in [1.165, 1.54) is 24.2 Å². The zero-order valence-electron chi connectivity index (χ0n) is 12.4. The van der Waals surface area contributed by atoms with Crippen LogP contribution in [0.1, 0.15) is 43.3 Å². The molecule has 1 aromatic rings. The van der Waals surface area contributed by atoms with Crippen molar-refractivity contribution in [2.75, 3.05) is 24.1 Å². The number of carbonyl (C=O) groups is 1. The summed E-state index contributed by atoms with van der Waals surface area (Å²) in [5.74, 6) is 2.07. The van der Waals surface area contributed by atoms with Crippen LogP contribution >= 0.6 is 11.3 Å². The zero-order valence-corrected chi connectivity index (χ0v) is 13.2. The molecule has 1 aliphatic carbocycles. The van der Waals surface area contributed by atoms with Gasteiger partial charge in [-0.3, -0.25) is 4.79 Å². The molecule has 5 nitrogen and oxygen atoms in total. The van der Waals surface area contributed by atoms with Crippen LogP contribution < -0.4 is 16.4 Å². The maximum atomic E-state index is 12.1. The van der Waals surface area contributed by atoms with Gasteiger partial charge in [0.25, 0.3) is 5.91 Å². The van der Waals surface area contributed by atoms with Gasteiger partial charge < -0.3 is 16.4 Å². The Morgan fingerprint density at radius 2 is 2.10 bits per heavy atom. The number of nitrogens with one attached hydrogen (secondary N) is 2. The highest BCUT2D eigenvalue weighted by molar-refractivity contribution is 7.18. The van der Waals surface area contributed by atoms with Gasteiger partial charge in [0.15, 0.2) is 5.13 Å². The number of nitrogens with zero attached hydrogens (tertiary/aromatic N) is 1. The van der Waals surface area contributed by atoms with Crippen LogP contribution in [0.5, 0.6) is 0 Å². The van der Waals surface area contributed by atoms with Crippen molar-refractivity contribution in [3.63, 3.8) is 0 Å². The minimum absolute atomic E-state index is 0.106. The van der Waals surface area contributed by atoms with Crippen LogP contribution in [0.15, 0.2) is 0 Å². The molecule has 1 fully saturated rings. The molecule has 0 aliphatic heterocycles. The van der Waals surface area contributed by atoms with Crippen LogP contribution in [0.3, 0.4) is 0 Å². The molecular weight excluding hydrogens is 272 g/mol. The monoisotopic (exact) mass is 296 g/mol. The lowest BCUT2D eigenvalue weighted by Gasteiger charge is -2.10. The molecule has 0 spiro atoms. The van der Waals surface area contributed by atoms with E-state index in [1.807, 2.05) is 0 Å². The van der Waals surface area contributed by atoms with Gasteiger partial charge in [0.05, 0.1) is 0 Å². The van der Waals surface area contributed by atoms with Crippen molar-refractivity contribution in [2.24, 2.45) is 17.8 Å². The summed E-state index contributed by atoms with van der Waals surface area (Å²) in [6.45, 7) is 7.97. The van der Waals surface area contributed by atoms with E-state index in [-0.39, 0.29) is 5.91 Å². The Bertz CT molecular complexity index is 468. The SMILES string of the molecule is CC(C)CNc1nc(N)c(C(=O)NCC(C)C2CC2)s1. The van der Waals surface area contributed by atoms with Crippen LogP contribution in [-0.4, -0.2) is 24.0 Å². The molecule has 0 bridgehead atoms. The third-order valence-electron chi connectivity index (χ3n) is 3.53. The molecule has 112 valence electrons. The number of nitrogen functional groups attached to an aromatic ring is 1. The Morgan fingerprint density at radius 1 is 1.40 bits per heavy atom. The molecule has 1 heterocycles. The van der Waals surface area contributed by atoms with Crippen LogP contribution in [0.2, 0.25) is 0 Å². The second-order valence-corrected chi connectivity index (χ2v) is 7.03. The van der Waals surface area contributed by atoms with Crippen molar-refractivity contribution >= 4 is 28.2 Å². The number of hydrogen-bond acceptors (Lipinski definition) is 5. The lowest BCUT2D eigenvalue weighted by molar-refractivity contribution is 0.0951. The average Bonchev–Trinajstić information content (AvgIpc) is 3.17. The molecule has 1 aromatic heterocycles. The molecule has 1 amide bonds. The van der Waals surface area contributed by atoms with Crippen molar-refractivity contribution in [3.8, 4) is 0 Å². The Morgan fingerprint density at radius 3 is 2.70 bits per heavy atom. The highest BCUT2D eigenvalue weighted by Crippen LogP contribution is 2.36. The van der Waals surface area contributed by atoms with Crippen molar-refractivity contribution < 1.29 is 4.79 Å². The second-order valence-electron chi connectivity index (χ2n) is 6.03. The third kappa shape index (κ3) is 4.10. The van der Waals surface area contributed by atoms with Crippen LogP contribution in [-0.2, 0) is 0 Å². The molecule has 0 radical (unpaired) electrons. The summed E-state index contributed by atoms with van der Waals surface area (Å²) >= 11 is 1.33. The van der Waals surface area contributed by atoms with Gasteiger partial charge in [0, 0.05) is 13.1 Å². The molecule has 1 unspecified atom stereocenters. The van der Waals surface area contributed by atoms with Gasteiger partial charge in [-0.1, -0.05) is 32.1 Å². The Balaban J connectivity index is 1.88. The van der Waals surface area contributed by atoms with Gasteiger partial charge in [0.2, 0.25) is 0 Å². The van der Waals surface area contributed by atoms with Crippen LogP contribution in [0, 0.1) is 17.8 Å². The van der Waals surface area contributed by atoms with E-state index in [1.54, 1.807) is 0 Å². The number of hydrogen-bond donors (Lipinski definition) is 3. The van der Waals surface area contributed by atoms with E-state index in [2.05, 4.69) is 36.4 Å². The van der Waals surface area contributed by atoms with E-state index >= 15 is 0 Å². The van der Waals surface area contributed by atoms with Gasteiger partial charge >= 0.3 is 0 Å². The molecule has 0 saturated heterocycles. The minimum Gasteiger partial charge on any atom is -0.382 e. The number of amides is 1. The second kappa shape index (κ2) is 6.43. The molecule has 1 saturated carbocycles. The molecule has 2 rings (SSSR count). The van der Waals surface area contributed by atoms with Gasteiger partial charge in [0.1, 0.15) is 10.7 Å². The van der Waals surface area contributed by atoms with Gasteiger partial charge in [-0.15, -0.1) is 0 Å². The fourth-order valence-electron chi connectivity index (χ4n) is 2.03. The van der Waals surface area contributed by atoms with E-state index in [0.29, 0.717) is 22.5 Å². The Hall–Kier alpha value is -1.30. The fraction of sp³-hybridized carbons (Fsp3) is 0.714. The van der Waals surface area contributed by atoms with Crippen LogP contribution in [0.25, 0.3) is 0 Å². The highest BCUT2D eigenvalue weighted by atomic mass is 32.1. The van der Waals surface area contributed by atoms with Crippen molar-refractivity contribution in [3.05, 3.63) is 4.88 Å². The topological polar surface area (TPSA) is 80.0 Å². The highest BCUT2D eigenvalue weighted by Gasteiger charge is 2.28. The summed E-state index contributed by atoms with van der Waals surface area (Å²) in [5.41, 5.74) is 5.83. The first-order valence-corrected chi connectivity index (χ1v) is 8.07. The molecular formula is C14H24N4OS. The Kier molecular flexibility index (Phi) is 4.86. The summed E-state index contributed by atoms with van der Waals surface area (Å²) in [5, 5.41) is 6.88. The number of aromatic nitrogens is 1. The summed E-state index contributed by atoms with van der Waals surface area (Å²) in [6.07, 6.45) is 2.59. The first-order valence-electron chi connectivity index (χ1n) is 7.25. The minimum atomic E-state index is -0.106. The van der Waals surface area contributed by atoms with E-state index in [4.69, 9.17) is 5.73 Å².